The highest BCUT2D eigenvalue weighted by Crippen LogP contribution is 2.24. The predicted octanol–water partition coefficient (Wildman–Crippen LogP) is 7.42. The van der Waals surface area contributed by atoms with Crippen LogP contribution in [-0.4, -0.2) is 0 Å². The van der Waals surface area contributed by atoms with E-state index < -0.39 is 0 Å². The van der Waals surface area contributed by atoms with Crippen molar-refractivity contribution < 1.29 is 8.78 Å². The van der Waals surface area contributed by atoms with E-state index in [0.29, 0.717) is 17.7 Å². The van der Waals surface area contributed by atoms with Crippen molar-refractivity contribution in [2.45, 2.75) is 58.3 Å². The summed E-state index contributed by atoms with van der Waals surface area (Å²) in [5.74, 6) is 0.988. The number of halogens is 3. The Morgan fingerprint density at radius 2 is 1.50 bits per heavy atom. The molecular formula is C21H27ClF2. The van der Waals surface area contributed by atoms with Crippen LogP contribution < -0.4 is 0 Å². The van der Waals surface area contributed by atoms with E-state index in [1.807, 2.05) is 6.07 Å². The minimum atomic E-state index is -0.177. The molecule has 0 nitrogen and oxygen atoms in total. The zero-order valence-corrected chi connectivity index (χ0v) is 15.7. The van der Waals surface area contributed by atoms with Crippen molar-refractivity contribution >= 4 is 11.6 Å². The van der Waals surface area contributed by atoms with Gasteiger partial charge in [0.15, 0.2) is 0 Å². The highest BCUT2D eigenvalue weighted by molar-refractivity contribution is 6.17. The summed E-state index contributed by atoms with van der Waals surface area (Å²) < 4.78 is 25.6. The zero-order chi connectivity index (χ0) is 18.1. The highest BCUT2D eigenvalue weighted by Gasteiger charge is 2.09. The Morgan fingerprint density at radius 3 is 2.04 bits per heavy atom. The Balaban J connectivity index is 0.000000243. The molecule has 0 bridgehead atoms. The second kappa shape index (κ2) is 10.5. The maximum absolute atomic E-state index is 12.9. The Hall–Kier alpha value is -1.41. The molecule has 0 aliphatic rings. The van der Waals surface area contributed by atoms with Gasteiger partial charge in [0, 0.05) is 5.88 Å². The van der Waals surface area contributed by atoms with Crippen LogP contribution in [0.1, 0.15) is 69.1 Å². The lowest BCUT2D eigenvalue weighted by atomic mass is 9.94. The van der Waals surface area contributed by atoms with Gasteiger partial charge < -0.3 is 0 Å². The van der Waals surface area contributed by atoms with Crippen LogP contribution in [0, 0.1) is 11.6 Å². The second-order valence-corrected chi connectivity index (χ2v) is 6.42. The quantitative estimate of drug-likeness (QED) is 0.491. The third kappa shape index (κ3) is 6.24. The molecule has 0 radical (unpaired) electrons. The van der Waals surface area contributed by atoms with Crippen molar-refractivity contribution in [3.63, 3.8) is 0 Å². The summed E-state index contributed by atoms with van der Waals surface area (Å²) in [6, 6.07) is 11.6. The molecule has 0 spiro atoms. The van der Waals surface area contributed by atoms with Crippen molar-refractivity contribution in [1.29, 1.82) is 0 Å². The van der Waals surface area contributed by atoms with Crippen molar-refractivity contribution in [1.82, 2.24) is 0 Å². The summed E-state index contributed by atoms with van der Waals surface area (Å²) in [4.78, 5) is 0. The lowest BCUT2D eigenvalue weighted by molar-refractivity contribution is 0.618. The van der Waals surface area contributed by atoms with Crippen molar-refractivity contribution in [2.75, 3.05) is 0 Å². The fraction of sp³-hybridized carbons (Fsp3) is 0.429. The van der Waals surface area contributed by atoms with Gasteiger partial charge in [0.05, 0.1) is 0 Å². The molecule has 2 rings (SSSR count). The van der Waals surface area contributed by atoms with E-state index in [2.05, 4.69) is 27.7 Å². The van der Waals surface area contributed by atoms with E-state index in [0.717, 1.165) is 29.5 Å². The summed E-state index contributed by atoms with van der Waals surface area (Å²) in [6.45, 7) is 8.39. The highest BCUT2D eigenvalue weighted by atomic mass is 35.5. The third-order valence-corrected chi connectivity index (χ3v) is 4.71. The minimum absolute atomic E-state index is 0.136. The van der Waals surface area contributed by atoms with Crippen LogP contribution in [0.4, 0.5) is 8.78 Å². The fourth-order valence-electron chi connectivity index (χ4n) is 2.41. The number of hydrogen-bond acceptors (Lipinski definition) is 0. The monoisotopic (exact) mass is 352 g/mol. The van der Waals surface area contributed by atoms with Gasteiger partial charge >= 0.3 is 0 Å². The first kappa shape index (κ1) is 20.6. The van der Waals surface area contributed by atoms with Gasteiger partial charge in [0.25, 0.3) is 0 Å². The Morgan fingerprint density at radius 1 is 0.875 bits per heavy atom. The molecule has 24 heavy (non-hydrogen) atoms. The van der Waals surface area contributed by atoms with E-state index in [9.17, 15) is 8.78 Å². The molecule has 0 amide bonds. The van der Waals surface area contributed by atoms with E-state index in [-0.39, 0.29) is 11.6 Å². The first-order valence-electron chi connectivity index (χ1n) is 8.52. The number of hydrogen-bond donors (Lipinski definition) is 0. The zero-order valence-electron chi connectivity index (χ0n) is 15.0. The topological polar surface area (TPSA) is 0 Å². The fourth-order valence-corrected chi connectivity index (χ4v) is 2.66. The number of rotatable bonds is 5. The first-order chi connectivity index (χ1) is 11.4. The standard InChI is InChI=1S/C11H14ClF.C10H13F/c1-3-8(2)11-6-10(13)5-4-9(11)7-12;1-3-8(2)9-5-4-6-10(11)7-9/h4-6,8H,3,7H2,1-2H3;4-8H,3H2,1-2H3. The van der Waals surface area contributed by atoms with Crippen LogP contribution in [0.2, 0.25) is 0 Å². The average Bonchev–Trinajstić information content (AvgIpc) is 2.60. The summed E-state index contributed by atoms with van der Waals surface area (Å²) in [5, 5.41) is 0. The molecule has 0 aromatic heterocycles. The Bertz CT molecular complexity index is 625. The molecule has 0 saturated carbocycles. The molecule has 2 atom stereocenters. The molecule has 0 N–H and O–H groups in total. The lowest BCUT2D eigenvalue weighted by Crippen LogP contribution is -1.97. The summed E-state index contributed by atoms with van der Waals surface area (Å²) >= 11 is 5.76. The van der Waals surface area contributed by atoms with Crippen LogP contribution in [0.15, 0.2) is 42.5 Å². The van der Waals surface area contributed by atoms with Gasteiger partial charge in [-0.25, -0.2) is 8.78 Å². The Labute approximate surface area is 149 Å². The molecule has 3 heteroatoms. The van der Waals surface area contributed by atoms with Gasteiger partial charge in [-0.3, -0.25) is 0 Å². The van der Waals surface area contributed by atoms with Crippen LogP contribution >= 0.6 is 11.6 Å². The van der Waals surface area contributed by atoms with Crippen molar-refractivity contribution in [3.8, 4) is 0 Å². The summed E-state index contributed by atoms with van der Waals surface area (Å²) in [6.07, 6.45) is 2.07. The lowest BCUT2D eigenvalue weighted by Gasteiger charge is -2.13. The molecule has 2 aromatic rings. The molecule has 0 saturated heterocycles. The van der Waals surface area contributed by atoms with Gasteiger partial charge in [0.2, 0.25) is 0 Å². The average molecular weight is 353 g/mol. The molecule has 2 aromatic carbocycles. The largest absolute Gasteiger partial charge is 0.207 e. The third-order valence-electron chi connectivity index (χ3n) is 4.43. The second-order valence-electron chi connectivity index (χ2n) is 6.15. The molecule has 132 valence electrons. The number of benzene rings is 2. The molecule has 0 aliphatic carbocycles. The summed E-state index contributed by atoms with van der Waals surface area (Å²) in [7, 11) is 0. The van der Waals surface area contributed by atoms with E-state index >= 15 is 0 Å². The molecular weight excluding hydrogens is 326 g/mol. The normalized spacial score (nSPS) is 13.0. The van der Waals surface area contributed by atoms with Crippen LogP contribution in [-0.2, 0) is 5.88 Å². The maximum atomic E-state index is 12.9. The summed E-state index contributed by atoms with van der Waals surface area (Å²) in [5.41, 5.74) is 3.17. The minimum Gasteiger partial charge on any atom is -0.207 e. The van der Waals surface area contributed by atoms with E-state index in [1.54, 1.807) is 24.3 Å². The van der Waals surface area contributed by atoms with Crippen LogP contribution in [0.3, 0.4) is 0 Å². The Kier molecular flexibility index (Phi) is 8.99. The van der Waals surface area contributed by atoms with Gasteiger partial charge in [-0.2, -0.15) is 0 Å². The SMILES string of the molecule is CCC(C)c1cc(F)ccc1CCl.CCC(C)c1cccc(F)c1. The molecule has 2 unspecified atom stereocenters. The first-order valence-corrected chi connectivity index (χ1v) is 9.06. The van der Waals surface area contributed by atoms with Gasteiger partial charge in [-0.05, 0) is 65.6 Å². The van der Waals surface area contributed by atoms with E-state index in [1.165, 1.54) is 12.1 Å². The predicted molar refractivity (Wildman–Crippen MR) is 99.8 cm³/mol. The van der Waals surface area contributed by atoms with Gasteiger partial charge in [-0.1, -0.05) is 45.9 Å². The maximum Gasteiger partial charge on any atom is 0.123 e. The molecule has 0 aliphatic heterocycles. The van der Waals surface area contributed by atoms with Crippen LogP contribution in [0.5, 0.6) is 0 Å². The number of alkyl halides is 1. The molecule has 0 heterocycles. The van der Waals surface area contributed by atoms with Crippen molar-refractivity contribution in [3.05, 3.63) is 70.8 Å². The smallest absolute Gasteiger partial charge is 0.123 e. The van der Waals surface area contributed by atoms with Gasteiger partial charge in [-0.15, -0.1) is 11.6 Å². The van der Waals surface area contributed by atoms with Crippen LogP contribution in [0.25, 0.3) is 0 Å². The molecule has 0 fully saturated rings. The van der Waals surface area contributed by atoms with Crippen molar-refractivity contribution in [2.24, 2.45) is 0 Å². The van der Waals surface area contributed by atoms with Gasteiger partial charge in [0.1, 0.15) is 11.6 Å². The van der Waals surface area contributed by atoms with E-state index in [4.69, 9.17) is 11.6 Å².